The van der Waals surface area contributed by atoms with Crippen LogP contribution in [0.2, 0.25) is 0 Å². The summed E-state index contributed by atoms with van der Waals surface area (Å²) in [5.74, 6) is 4.80. The molecule has 50 valence electrons. The van der Waals surface area contributed by atoms with Gasteiger partial charge in [-0.25, -0.2) is 4.39 Å². The van der Waals surface area contributed by atoms with Crippen LogP contribution in [0.5, 0.6) is 0 Å². The number of thiophene rings is 1. The highest BCUT2D eigenvalue weighted by molar-refractivity contribution is 7.09. The van der Waals surface area contributed by atoms with Gasteiger partial charge in [0.25, 0.3) is 0 Å². The van der Waals surface area contributed by atoms with Crippen LogP contribution < -0.4 is 11.3 Å². The summed E-state index contributed by atoms with van der Waals surface area (Å²) in [4.78, 5) is 0.650. The van der Waals surface area contributed by atoms with Gasteiger partial charge in [-0.3, -0.25) is 11.3 Å². The molecule has 0 saturated carbocycles. The molecule has 0 amide bonds. The Bertz CT molecular complexity index is 187. The molecule has 3 N–H and O–H groups in total. The van der Waals surface area contributed by atoms with E-state index in [-0.39, 0.29) is 5.82 Å². The summed E-state index contributed by atoms with van der Waals surface area (Å²) in [6.07, 6.45) is 0. The molecule has 1 heterocycles. The quantitative estimate of drug-likeness (QED) is 0.479. The third-order valence-corrected chi connectivity index (χ3v) is 1.85. The predicted octanol–water partition coefficient (Wildman–Crippen LogP) is 0.850. The van der Waals surface area contributed by atoms with Gasteiger partial charge in [-0.2, -0.15) is 0 Å². The summed E-state index contributed by atoms with van der Waals surface area (Å²) in [5.41, 5.74) is 2.38. The van der Waals surface area contributed by atoms with Crippen LogP contribution >= 0.6 is 11.3 Å². The number of nitrogens with two attached hydrogens (primary N) is 1. The molecule has 0 aliphatic heterocycles. The highest BCUT2D eigenvalue weighted by atomic mass is 32.1. The fourth-order valence-electron chi connectivity index (χ4n) is 0.544. The second-order valence-corrected chi connectivity index (χ2v) is 2.57. The third-order valence-electron chi connectivity index (χ3n) is 0.954. The number of hydrazine groups is 1. The van der Waals surface area contributed by atoms with Crippen molar-refractivity contribution in [3.8, 4) is 0 Å². The van der Waals surface area contributed by atoms with Gasteiger partial charge in [-0.1, -0.05) is 0 Å². The van der Waals surface area contributed by atoms with Crippen LogP contribution in [0.3, 0.4) is 0 Å². The summed E-state index contributed by atoms with van der Waals surface area (Å²) in [6.45, 7) is 0.406. The Morgan fingerprint density at radius 2 is 2.56 bits per heavy atom. The lowest BCUT2D eigenvalue weighted by Crippen LogP contribution is -2.20. The second-order valence-electron chi connectivity index (χ2n) is 1.57. The number of hydrogen-bond donors (Lipinski definition) is 2. The molecule has 9 heavy (non-hydrogen) atoms. The average Bonchev–Trinajstić information content (AvgIpc) is 2.18. The van der Waals surface area contributed by atoms with Crippen molar-refractivity contribution in [2.24, 2.45) is 5.84 Å². The lowest BCUT2D eigenvalue weighted by atomic mass is 10.4. The first-order valence-corrected chi connectivity index (χ1v) is 3.38. The maximum Gasteiger partial charge on any atom is 0.138 e. The minimum Gasteiger partial charge on any atom is -0.271 e. The lowest BCUT2D eigenvalue weighted by Gasteiger charge is -1.92. The molecule has 1 rings (SSSR count). The Labute approximate surface area is 56.5 Å². The molecule has 0 radical (unpaired) electrons. The predicted molar refractivity (Wildman–Crippen MR) is 35.3 cm³/mol. The Balaban J connectivity index is 2.69. The highest BCUT2D eigenvalue weighted by Crippen LogP contribution is 2.13. The largest absolute Gasteiger partial charge is 0.271 e. The molecule has 0 spiro atoms. The van der Waals surface area contributed by atoms with E-state index in [1.165, 1.54) is 17.4 Å². The molecule has 1 aromatic rings. The van der Waals surface area contributed by atoms with Gasteiger partial charge in [0, 0.05) is 6.54 Å². The average molecular weight is 146 g/mol. The van der Waals surface area contributed by atoms with E-state index in [9.17, 15) is 4.39 Å². The van der Waals surface area contributed by atoms with Crippen molar-refractivity contribution in [1.82, 2.24) is 5.43 Å². The Morgan fingerprint density at radius 1 is 1.78 bits per heavy atom. The maximum absolute atomic E-state index is 12.5. The monoisotopic (exact) mass is 146 g/mol. The van der Waals surface area contributed by atoms with Crippen molar-refractivity contribution in [2.75, 3.05) is 0 Å². The molecule has 0 aliphatic rings. The molecule has 0 fully saturated rings. The zero-order valence-electron chi connectivity index (χ0n) is 4.73. The molecule has 0 atom stereocenters. The van der Waals surface area contributed by atoms with E-state index in [1.54, 1.807) is 5.38 Å². The van der Waals surface area contributed by atoms with Crippen molar-refractivity contribution in [3.05, 3.63) is 22.1 Å². The van der Waals surface area contributed by atoms with Crippen molar-refractivity contribution in [3.63, 3.8) is 0 Å². The normalized spacial score (nSPS) is 10.0. The smallest absolute Gasteiger partial charge is 0.138 e. The summed E-state index contributed by atoms with van der Waals surface area (Å²) in [7, 11) is 0. The molecule has 0 bridgehead atoms. The number of rotatable bonds is 2. The van der Waals surface area contributed by atoms with Crippen LogP contribution in [0.25, 0.3) is 0 Å². The minimum absolute atomic E-state index is 0.182. The van der Waals surface area contributed by atoms with Gasteiger partial charge >= 0.3 is 0 Å². The molecule has 2 nitrogen and oxygen atoms in total. The van der Waals surface area contributed by atoms with E-state index >= 15 is 0 Å². The Morgan fingerprint density at radius 3 is 3.00 bits per heavy atom. The second kappa shape index (κ2) is 2.91. The van der Waals surface area contributed by atoms with Gasteiger partial charge in [-0.15, -0.1) is 11.3 Å². The fraction of sp³-hybridized carbons (Fsp3) is 0.200. The van der Waals surface area contributed by atoms with Crippen LogP contribution in [0.4, 0.5) is 4.39 Å². The molecule has 0 unspecified atom stereocenters. The number of hydrogen-bond acceptors (Lipinski definition) is 3. The minimum atomic E-state index is -0.182. The summed E-state index contributed by atoms with van der Waals surface area (Å²) < 4.78 is 12.5. The fourth-order valence-corrected chi connectivity index (χ4v) is 1.24. The molecule has 1 aromatic heterocycles. The van der Waals surface area contributed by atoms with E-state index in [4.69, 9.17) is 5.84 Å². The molecule has 4 heteroatoms. The maximum atomic E-state index is 12.5. The SMILES string of the molecule is NNCc1sccc1F. The third kappa shape index (κ3) is 1.48. The zero-order valence-corrected chi connectivity index (χ0v) is 5.54. The van der Waals surface area contributed by atoms with Gasteiger partial charge in [0.15, 0.2) is 0 Å². The lowest BCUT2D eigenvalue weighted by molar-refractivity contribution is 0.604. The summed E-state index contributed by atoms with van der Waals surface area (Å²) >= 11 is 1.36. The zero-order chi connectivity index (χ0) is 6.69. The van der Waals surface area contributed by atoms with E-state index in [2.05, 4.69) is 5.43 Å². The molecule has 0 aromatic carbocycles. The van der Waals surface area contributed by atoms with Crippen LogP contribution in [0, 0.1) is 5.82 Å². The molecular formula is C5H7FN2S. The van der Waals surface area contributed by atoms with E-state index < -0.39 is 0 Å². The summed E-state index contributed by atoms with van der Waals surface area (Å²) in [5, 5.41) is 1.70. The van der Waals surface area contributed by atoms with E-state index in [0.29, 0.717) is 11.4 Å². The van der Waals surface area contributed by atoms with Gasteiger partial charge in [0.2, 0.25) is 0 Å². The Kier molecular flexibility index (Phi) is 2.16. The number of halogens is 1. The van der Waals surface area contributed by atoms with Crippen molar-refractivity contribution in [1.29, 1.82) is 0 Å². The van der Waals surface area contributed by atoms with Crippen molar-refractivity contribution >= 4 is 11.3 Å². The Hall–Kier alpha value is -0.450. The van der Waals surface area contributed by atoms with Gasteiger partial charge in [-0.05, 0) is 11.4 Å². The van der Waals surface area contributed by atoms with Gasteiger partial charge < -0.3 is 0 Å². The van der Waals surface area contributed by atoms with Crippen LogP contribution in [0.1, 0.15) is 4.88 Å². The van der Waals surface area contributed by atoms with Gasteiger partial charge in [0.05, 0.1) is 4.88 Å². The number of nitrogens with one attached hydrogen (secondary N) is 1. The summed E-state index contributed by atoms with van der Waals surface area (Å²) in [6, 6.07) is 1.43. The topological polar surface area (TPSA) is 38.0 Å². The van der Waals surface area contributed by atoms with Crippen molar-refractivity contribution in [2.45, 2.75) is 6.54 Å². The molecule has 0 saturated heterocycles. The first-order valence-electron chi connectivity index (χ1n) is 2.50. The van der Waals surface area contributed by atoms with E-state index in [1.807, 2.05) is 0 Å². The van der Waals surface area contributed by atoms with Crippen LogP contribution in [-0.4, -0.2) is 0 Å². The highest BCUT2D eigenvalue weighted by Gasteiger charge is 1.99. The first-order chi connectivity index (χ1) is 4.34. The molecule has 0 aliphatic carbocycles. The van der Waals surface area contributed by atoms with Crippen molar-refractivity contribution < 1.29 is 4.39 Å². The van der Waals surface area contributed by atoms with Crippen LogP contribution in [-0.2, 0) is 6.54 Å². The van der Waals surface area contributed by atoms with Crippen LogP contribution in [0.15, 0.2) is 11.4 Å². The van der Waals surface area contributed by atoms with E-state index in [0.717, 1.165) is 0 Å². The first kappa shape index (κ1) is 6.67. The standard InChI is InChI=1S/C5H7FN2S/c6-4-1-2-9-5(4)3-8-7/h1-2,8H,3,7H2. The van der Waals surface area contributed by atoms with Gasteiger partial charge in [0.1, 0.15) is 5.82 Å². The molecular weight excluding hydrogens is 139 g/mol.